The molecule has 3 aromatic rings. The first-order valence-corrected chi connectivity index (χ1v) is 10.8. The predicted molar refractivity (Wildman–Crippen MR) is 101 cm³/mol. The number of nitrogens with zero attached hydrogens (tertiary/aromatic N) is 1. The van der Waals surface area contributed by atoms with E-state index in [0.29, 0.717) is 5.75 Å². The summed E-state index contributed by atoms with van der Waals surface area (Å²) in [4.78, 5) is 23.0. The zero-order valence-corrected chi connectivity index (χ0v) is 16.4. The maximum Gasteiger partial charge on any atom is 0.399 e. The van der Waals surface area contributed by atoms with E-state index >= 15 is 0 Å². The van der Waals surface area contributed by atoms with Gasteiger partial charge in [0.15, 0.2) is 0 Å². The molecule has 3 rings (SSSR count). The van der Waals surface area contributed by atoms with Gasteiger partial charge in [-0.1, -0.05) is 46.3 Å². The van der Waals surface area contributed by atoms with E-state index in [4.69, 9.17) is 9.79 Å². The zero-order chi connectivity index (χ0) is 18.9. The molecule has 136 valence electrons. The van der Waals surface area contributed by atoms with Crippen molar-refractivity contribution in [2.45, 2.75) is 16.3 Å². The Kier molecular flexibility index (Phi) is 5.51. The highest BCUT2D eigenvalue weighted by molar-refractivity contribution is 9.10. The van der Waals surface area contributed by atoms with Crippen LogP contribution in [0.2, 0.25) is 0 Å². The van der Waals surface area contributed by atoms with Crippen LogP contribution in [0.4, 0.5) is 8.78 Å². The van der Waals surface area contributed by atoms with Crippen LogP contribution in [0, 0.1) is 0 Å². The summed E-state index contributed by atoms with van der Waals surface area (Å²) < 4.78 is 38.7. The summed E-state index contributed by atoms with van der Waals surface area (Å²) in [5, 5.41) is 1.01. The van der Waals surface area contributed by atoms with Gasteiger partial charge in [-0.15, -0.1) is 11.8 Å². The van der Waals surface area contributed by atoms with Gasteiger partial charge in [0, 0.05) is 32.3 Å². The molecule has 0 aliphatic heterocycles. The Hall–Kier alpha value is -1.31. The van der Waals surface area contributed by atoms with Crippen molar-refractivity contribution < 1.29 is 23.1 Å². The second-order valence-electron chi connectivity index (χ2n) is 5.55. The summed E-state index contributed by atoms with van der Waals surface area (Å²) in [6.45, 7) is 0. The van der Waals surface area contributed by atoms with Gasteiger partial charge in [0.1, 0.15) is 0 Å². The third-order valence-corrected chi connectivity index (χ3v) is 6.36. The van der Waals surface area contributed by atoms with Crippen LogP contribution in [-0.4, -0.2) is 14.8 Å². The smallest absolute Gasteiger partial charge is 0.320 e. The fraction of sp³-hybridized carbons (Fsp3) is 0.118. The second kappa shape index (κ2) is 7.37. The van der Waals surface area contributed by atoms with E-state index in [1.807, 2.05) is 30.3 Å². The number of hydrogen-bond acceptors (Lipinski definition) is 3. The molecule has 26 heavy (non-hydrogen) atoms. The zero-order valence-electron chi connectivity index (χ0n) is 13.1. The third kappa shape index (κ3) is 4.00. The minimum absolute atomic E-state index is 0.0411. The molecule has 0 amide bonds. The van der Waals surface area contributed by atoms with E-state index in [1.165, 1.54) is 23.9 Å². The van der Waals surface area contributed by atoms with E-state index in [2.05, 4.69) is 20.9 Å². The lowest BCUT2D eigenvalue weighted by molar-refractivity contribution is 0.0557. The number of alkyl halides is 2. The third-order valence-electron chi connectivity index (χ3n) is 3.69. The number of rotatable bonds is 5. The fourth-order valence-electron chi connectivity index (χ4n) is 2.35. The van der Waals surface area contributed by atoms with Crippen LogP contribution < -0.4 is 0 Å². The Labute approximate surface area is 160 Å². The summed E-state index contributed by atoms with van der Waals surface area (Å²) in [5.74, 6) is 0.500. The van der Waals surface area contributed by atoms with Crippen molar-refractivity contribution in [2.75, 3.05) is 0 Å². The predicted octanol–water partition coefficient (Wildman–Crippen LogP) is 5.52. The molecule has 0 radical (unpaired) electrons. The van der Waals surface area contributed by atoms with Crippen LogP contribution in [0.15, 0.2) is 64.1 Å². The van der Waals surface area contributed by atoms with Gasteiger partial charge in [-0.05, 0) is 23.8 Å². The molecule has 1 heterocycles. The number of aromatic nitrogens is 1. The highest BCUT2D eigenvalue weighted by Gasteiger charge is 2.51. The van der Waals surface area contributed by atoms with Crippen LogP contribution in [0.5, 0.6) is 0 Å². The molecule has 4 nitrogen and oxygen atoms in total. The molecule has 0 bridgehead atoms. The lowest BCUT2D eigenvalue weighted by atomic mass is 10.1. The maximum atomic E-state index is 13.8. The fourth-order valence-corrected chi connectivity index (χ4v) is 4.53. The van der Waals surface area contributed by atoms with Crippen molar-refractivity contribution in [3.05, 3.63) is 70.3 Å². The molecule has 1 aromatic heterocycles. The van der Waals surface area contributed by atoms with Gasteiger partial charge in [0.2, 0.25) is 0 Å². The number of halogens is 3. The van der Waals surface area contributed by atoms with Gasteiger partial charge >= 0.3 is 13.3 Å². The first-order chi connectivity index (χ1) is 12.2. The van der Waals surface area contributed by atoms with Gasteiger partial charge in [0.25, 0.3) is 0 Å². The van der Waals surface area contributed by atoms with Crippen LogP contribution in [0.1, 0.15) is 11.1 Å². The first-order valence-electron chi connectivity index (χ1n) is 7.38. The van der Waals surface area contributed by atoms with Crippen LogP contribution in [-0.2, 0) is 16.0 Å². The molecule has 0 aliphatic rings. The quantitative estimate of drug-likeness (QED) is 0.388. The molecule has 2 aromatic carbocycles. The van der Waals surface area contributed by atoms with Gasteiger partial charge in [-0.2, -0.15) is 8.78 Å². The largest absolute Gasteiger partial charge is 0.399 e. The number of pyridine rings is 1. The highest BCUT2D eigenvalue weighted by Crippen LogP contribution is 2.60. The Morgan fingerprint density at radius 3 is 2.58 bits per heavy atom. The summed E-state index contributed by atoms with van der Waals surface area (Å²) in [7, 11) is -5.60. The molecule has 0 fully saturated rings. The molecular formula is C17H13BrF2NO3PS. The Morgan fingerprint density at radius 2 is 1.88 bits per heavy atom. The second-order valence-corrected chi connectivity index (χ2v) is 9.10. The lowest BCUT2D eigenvalue weighted by Gasteiger charge is -2.19. The first kappa shape index (κ1) is 19.5. The van der Waals surface area contributed by atoms with Crippen molar-refractivity contribution in [1.82, 2.24) is 4.98 Å². The summed E-state index contributed by atoms with van der Waals surface area (Å²) in [6.07, 6.45) is 1.75. The Balaban J connectivity index is 1.78. The number of fused-ring (bicyclic) bond motifs is 1. The normalized spacial score (nSPS) is 12.5. The van der Waals surface area contributed by atoms with Crippen molar-refractivity contribution in [3.63, 3.8) is 0 Å². The van der Waals surface area contributed by atoms with Crippen molar-refractivity contribution in [1.29, 1.82) is 0 Å². The number of hydrogen-bond donors (Lipinski definition) is 2. The van der Waals surface area contributed by atoms with Crippen LogP contribution in [0.25, 0.3) is 10.9 Å². The van der Waals surface area contributed by atoms with Gasteiger partial charge in [0.05, 0.1) is 5.52 Å². The lowest BCUT2D eigenvalue weighted by Crippen LogP contribution is -2.14. The van der Waals surface area contributed by atoms with Gasteiger partial charge in [-0.3, -0.25) is 9.55 Å². The minimum Gasteiger partial charge on any atom is -0.320 e. The van der Waals surface area contributed by atoms with Crippen LogP contribution >= 0.6 is 35.3 Å². The Morgan fingerprint density at radius 1 is 1.15 bits per heavy atom. The molecule has 0 spiro atoms. The molecular weight excluding hydrogens is 447 g/mol. The monoisotopic (exact) mass is 459 g/mol. The molecule has 0 aliphatic carbocycles. The SMILES string of the molecule is O=P(O)(O)C(F)(F)c1ccc(CSc2cnc3ccccc3c2)cc1Br. The molecule has 0 saturated carbocycles. The topological polar surface area (TPSA) is 70.4 Å². The van der Waals surface area contributed by atoms with Crippen molar-refractivity contribution in [2.24, 2.45) is 0 Å². The average molecular weight is 460 g/mol. The van der Waals surface area contributed by atoms with Gasteiger partial charge < -0.3 is 9.79 Å². The number of benzene rings is 2. The summed E-state index contributed by atoms with van der Waals surface area (Å²) in [6, 6.07) is 13.6. The molecule has 9 heteroatoms. The van der Waals surface area contributed by atoms with E-state index < -0.39 is 18.8 Å². The minimum atomic E-state index is -5.60. The van der Waals surface area contributed by atoms with E-state index in [0.717, 1.165) is 27.4 Å². The molecule has 0 saturated heterocycles. The number of para-hydroxylation sites is 1. The molecule has 0 atom stereocenters. The number of thioether (sulfide) groups is 1. The van der Waals surface area contributed by atoms with E-state index in [1.54, 1.807) is 6.20 Å². The van der Waals surface area contributed by atoms with E-state index in [9.17, 15) is 13.3 Å². The van der Waals surface area contributed by atoms with Crippen molar-refractivity contribution >= 4 is 46.2 Å². The summed E-state index contributed by atoms with van der Waals surface area (Å²) >= 11 is 4.48. The Bertz CT molecular complexity index is 1010. The van der Waals surface area contributed by atoms with Gasteiger partial charge in [-0.25, -0.2) is 0 Å². The average Bonchev–Trinajstić information content (AvgIpc) is 2.58. The standard InChI is InChI=1S/C17H13BrF2NO3PS/c18-15-7-11(5-6-14(15)17(19,20)25(22,23)24)10-26-13-8-12-3-1-2-4-16(12)21-9-13/h1-9H,10H2,(H2,22,23,24). The van der Waals surface area contributed by atoms with Crippen molar-refractivity contribution in [3.8, 4) is 0 Å². The maximum absolute atomic E-state index is 13.8. The van der Waals surface area contributed by atoms with E-state index in [-0.39, 0.29) is 4.47 Å². The molecule has 0 unspecified atom stereocenters. The highest BCUT2D eigenvalue weighted by atomic mass is 79.9. The molecule has 2 N–H and O–H groups in total. The van der Waals surface area contributed by atoms with Crippen LogP contribution in [0.3, 0.4) is 0 Å². The summed E-state index contributed by atoms with van der Waals surface area (Å²) in [5.41, 5.74) is -3.34.